The van der Waals surface area contributed by atoms with Gasteiger partial charge in [-0.25, -0.2) is 0 Å². The first-order valence-electron chi connectivity index (χ1n) is 5.89. The first-order chi connectivity index (χ1) is 8.70. The predicted octanol–water partition coefficient (Wildman–Crippen LogP) is 1.73. The molecule has 98 valence electrons. The molecule has 0 unspecified atom stereocenters. The molecule has 1 saturated heterocycles. The van der Waals surface area contributed by atoms with Gasteiger partial charge in [-0.1, -0.05) is 0 Å². The van der Waals surface area contributed by atoms with Crippen molar-refractivity contribution < 1.29 is 14.4 Å². The van der Waals surface area contributed by atoms with Crippen molar-refractivity contribution in [3.63, 3.8) is 0 Å². The summed E-state index contributed by atoms with van der Waals surface area (Å²) in [5.74, 6) is 0.930. The maximum absolute atomic E-state index is 10.6. The Morgan fingerprint density at radius 3 is 2.94 bits per heavy atom. The van der Waals surface area contributed by atoms with Crippen molar-refractivity contribution in [2.75, 3.05) is 20.3 Å². The molecule has 0 saturated carbocycles. The second-order valence-corrected chi connectivity index (χ2v) is 4.20. The summed E-state index contributed by atoms with van der Waals surface area (Å²) < 4.78 is 10.7. The standard InChI is InChI=1S/C12H16N2O4/c1-17-12-7-10(14(15)16)4-5-11(12)18-8-9-3-2-6-13-9/h4-5,7,9,13H,2-3,6,8H2,1H3/t9-/m1/s1. The fourth-order valence-corrected chi connectivity index (χ4v) is 1.98. The van der Waals surface area contributed by atoms with Crippen LogP contribution in [-0.2, 0) is 0 Å². The van der Waals surface area contributed by atoms with Crippen LogP contribution in [0.1, 0.15) is 12.8 Å². The van der Waals surface area contributed by atoms with Gasteiger partial charge in [0.1, 0.15) is 6.61 Å². The molecule has 0 aliphatic carbocycles. The molecule has 1 atom stereocenters. The van der Waals surface area contributed by atoms with Crippen molar-refractivity contribution in [3.8, 4) is 11.5 Å². The van der Waals surface area contributed by atoms with Gasteiger partial charge in [-0.2, -0.15) is 0 Å². The minimum absolute atomic E-state index is 0.00167. The van der Waals surface area contributed by atoms with Gasteiger partial charge in [0.25, 0.3) is 5.69 Å². The summed E-state index contributed by atoms with van der Waals surface area (Å²) in [6.45, 7) is 1.57. The quantitative estimate of drug-likeness (QED) is 0.638. The van der Waals surface area contributed by atoms with Gasteiger partial charge in [-0.15, -0.1) is 0 Å². The van der Waals surface area contributed by atoms with Crippen LogP contribution in [0.3, 0.4) is 0 Å². The average molecular weight is 252 g/mol. The highest BCUT2D eigenvalue weighted by atomic mass is 16.6. The molecule has 6 nitrogen and oxygen atoms in total. The molecule has 0 spiro atoms. The van der Waals surface area contributed by atoms with Gasteiger partial charge in [0.05, 0.1) is 18.1 Å². The highest BCUT2D eigenvalue weighted by molar-refractivity contribution is 5.48. The Balaban J connectivity index is 2.04. The summed E-state index contributed by atoms with van der Waals surface area (Å²) in [5.41, 5.74) is -0.00167. The van der Waals surface area contributed by atoms with Crippen LogP contribution in [0.15, 0.2) is 18.2 Å². The second kappa shape index (κ2) is 5.68. The summed E-state index contributed by atoms with van der Waals surface area (Å²) in [6, 6.07) is 4.72. The summed E-state index contributed by atoms with van der Waals surface area (Å²) in [5, 5.41) is 14.0. The molecule has 1 aromatic carbocycles. The van der Waals surface area contributed by atoms with E-state index in [0.29, 0.717) is 24.1 Å². The van der Waals surface area contributed by atoms with E-state index in [-0.39, 0.29) is 5.69 Å². The Labute approximate surface area is 105 Å². The molecule has 6 heteroatoms. The summed E-state index contributed by atoms with van der Waals surface area (Å²) in [6.07, 6.45) is 2.25. The number of ether oxygens (including phenoxy) is 2. The van der Waals surface area contributed by atoms with Crippen LogP contribution in [0.25, 0.3) is 0 Å². The van der Waals surface area contributed by atoms with E-state index in [1.54, 1.807) is 6.07 Å². The second-order valence-electron chi connectivity index (χ2n) is 4.20. The maximum Gasteiger partial charge on any atom is 0.273 e. The van der Waals surface area contributed by atoms with Crippen molar-refractivity contribution in [2.45, 2.75) is 18.9 Å². The van der Waals surface area contributed by atoms with E-state index < -0.39 is 4.92 Å². The smallest absolute Gasteiger partial charge is 0.273 e. The third kappa shape index (κ3) is 2.89. The van der Waals surface area contributed by atoms with E-state index in [1.165, 1.54) is 19.2 Å². The molecule has 0 radical (unpaired) electrons. The van der Waals surface area contributed by atoms with Gasteiger partial charge in [-0.05, 0) is 25.5 Å². The Hall–Kier alpha value is -1.82. The highest BCUT2D eigenvalue weighted by Crippen LogP contribution is 2.31. The minimum atomic E-state index is -0.454. The molecule has 0 amide bonds. The van der Waals surface area contributed by atoms with E-state index in [9.17, 15) is 10.1 Å². The molecule has 0 bridgehead atoms. The number of benzene rings is 1. The van der Waals surface area contributed by atoms with Crippen LogP contribution >= 0.6 is 0 Å². The van der Waals surface area contributed by atoms with E-state index in [1.807, 2.05) is 0 Å². The van der Waals surface area contributed by atoms with E-state index >= 15 is 0 Å². The first-order valence-corrected chi connectivity index (χ1v) is 5.89. The van der Waals surface area contributed by atoms with Crippen LogP contribution in [-0.4, -0.2) is 31.2 Å². The zero-order valence-electron chi connectivity index (χ0n) is 10.2. The number of rotatable bonds is 5. The molecule has 0 aromatic heterocycles. The molecule has 1 fully saturated rings. The zero-order valence-corrected chi connectivity index (χ0v) is 10.2. The molecular formula is C12H16N2O4. The lowest BCUT2D eigenvalue weighted by Gasteiger charge is -2.14. The first kappa shape index (κ1) is 12.6. The van der Waals surface area contributed by atoms with Crippen molar-refractivity contribution in [1.82, 2.24) is 5.32 Å². The highest BCUT2D eigenvalue weighted by Gasteiger charge is 2.17. The van der Waals surface area contributed by atoms with E-state index in [2.05, 4.69) is 5.32 Å². The maximum atomic E-state index is 10.6. The molecule has 18 heavy (non-hydrogen) atoms. The predicted molar refractivity (Wildman–Crippen MR) is 66.2 cm³/mol. The van der Waals surface area contributed by atoms with Gasteiger partial charge in [0, 0.05) is 12.1 Å². The summed E-state index contributed by atoms with van der Waals surface area (Å²) in [4.78, 5) is 10.2. The number of methoxy groups -OCH3 is 1. The number of hydrogen-bond donors (Lipinski definition) is 1. The van der Waals surface area contributed by atoms with Gasteiger partial charge in [-0.3, -0.25) is 10.1 Å². The molecular weight excluding hydrogens is 236 g/mol. The largest absolute Gasteiger partial charge is 0.493 e. The van der Waals surface area contributed by atoms with Gasteiger partial charge < -0.3 is 14.8 Å². The van der Waals surface area contributed by atoms with Gasteiger partial charge in [0.15, 0.2) is 11.5 Å². The van der Waals surface area contributed by atoms with E-state index in [0.717, 1.165) is 19.4 Å². The number of nitrogens with one attached hydrogen (secondary N) is 1. The number of non-ortho nitro benzene ring substituents is 1. The Morgan fingerprint density at radius 1 is 1.50 bits per heavy atom. The van der Waals surface area contributed by atoms with Crippen LogP contribution in [0.2, 0.25) is 0 Å². The number of hydrogen-bond acceptors (Lipinski definition) is 5. The van der Waals surface area contributed by atoms with Crippen LogP contribution in [0.4, 0.5) is 5.69 Å². The number of nitro benzene ring substituents is 1. The fraction of sp³-hybridized carbons (Fsp3) is 0.500. The van der Waals surface area contributed by atoms with Gasteiger partial charge in [0.2, 0.25) is 0 Å². The minimum Gasteiger partial charge on any atom is -0.493 e. The Morgan fingerprint density at radius 2 is 2.33 bits per heavy atom. The average Bonchev–Trinajstić information content (AvgIpc) is 2.89. The molecule has 1 N–H and O–H groups in total. The van der Waals surface area contributed by atoms with Crippen LogP contribution in [0.5, 0.6) is 11.5 Å². The van der Waals surface area contributed by atoms with Gasteiger partial charge >= 0.3 is 0 Å². The summed E-state index contributed by atoms with van der Waals surface area (Å²) in [7, 11) is 1.47. The number of nitrogens with zero attached hydrogens (tertiary/aromatic N) is 1. The number of nitro groups is 1. The molecule has 1 aliphatic rings. The van der Waals surface area contributed by atoms with Crippen molar-refractivity contribution in [3.05, 3.63) is 28.3 Å². The lowest BCUT2D eigenvalue weighted by Crippen LogP contribution is -2.28. The third-order valence-electron chi connectivity index (χ3n) is 2.96. The topological polar surface area (TPSA) is 73.6 Å². The van der Waals surface area contributed by atoms with Crippen molar-refractivity contribution >= 4 is 5.69 Å². The SMILES string of the molecule is COc1cc([N+](=O)[O-])ccc1OC[C@H]1CCCN1. The van der Waals surface area contributed by atoms with Crippen molar-refractivity contribution in [1.29, 1.82) is 0 Å². The zero-order chi connectivity index (χ0) is 13.0. The van der Waals surface area contributed by atoms with E-state index in [4.69, 9.17) is 9.47 Å². The molecule has 1 aromatic rings. The normalized spacial score (nSPS) is 18.6. The monoisotopic (exact) mass is 252 g/mol. The molecule has 1 aliphatic heterocycles. The fourth-order valence-electron chi connectivity index (χ4n) is 1.98. The third-order valence-corrected chi connectivity index (χ3v) is 2.96. The Kier molecular flexibility index (Phi) is 3.99. The Bertz CT molecular complexity index is 430. The summed E-state index contributed by atoms with van der Waals surface area (Å²) >= 11 is 0. The van der Waals surface area contributed by atoms with Crippen LogP contribution < -0.4 is 14.8 Å². The van der Waals surface area contributed by atoms with Crippen molar-refractivity contribution in [2.24, 2.45) is 0 Å². The lowest BCUT2D eigenvalue weighted by molar-refractivity contribution is -0.384. The lowest BCUT2D eigenvalue weighted by atomic mass is 10.2. The molecule has 1 heterocycles. The van der Waals surface area contributed by atoms with Crippen LogP contribution in [0, 0.1) is 10.1 Å². The molecule has 2 rings (SSSR count).